The monoisotopic (exact) mass is 385 g/mol. The maximum absolute atomic E-state index is 12.5. The number of ether oxygens (including phenoxy) is 1. The average molecular weight is 385 g/mol. The molecule has 1 unspecified atom stereocenters. The van der Waals surface area contributed by atoms with Crippen molar-refractivity contribution in [1.82, 2.24) is 24.9 Å². The van der Waals surface area contributed by atoms with Gasteiger partial charge in [0.05, 0.1) is 12.6 Å². The van der Waals surface area contributed by atoms with Crippen LogP contribution in [0.5, 0.6) is 0 Å². The summed E-state index contributed by atoms with van der Waals surface area (Å²) >= 11 is 0. The SMILES string of the molecule is O=C1CCCN1CC(=O)N1CCCC(OCc2noc(-c3ccncc3)n2)C1. The highest BCUT2D eigenvalue weighted by atomic mass is 16.5. The van der Waals surface area contributed by atoms with Gasteiger partial charge < -0.3 is 19.1 Å². The highest BCUT2D eigenvalue weighted by Crippen LogP contribution is 2.18. The number of hydrogen-bond donors (Lipinski definition) is 0. The molecule has 9 nitrogen and oxygen atoms in total. The zero-order valence-electron chi connectivity index (χ0n) is 15.6. The molecule has 4 rings (SSSR count). The number of nitrogens with zero attached hydrogens (tertiary/aromatic N) is 5. The molecule has 0 N–H and O–H groups in total. The Balaban J connectivity index is 1.28. The highest BCUT2D eigenvalue weighted by Gasteiger charge is 2.28. The second kappa shape index (κ2) is 8.47. The van der Waals surface area contributed by atoms with Crippen molar-refractivity contribution in [3.05, 3.63) is 30.4 Å². The van der Waals surface area contributed by atoms with Gasteiger partial charge in [-0.2, -0.15) is 4.98 Å². The van der Waals surface area contributed by atoms with Crippen LogP contribution in [0.15, 0.2) is 29.0 Å². The van der Waals surface area contributed by atoms with E-state index in [1.54, 1.807) is 34.3 Å². The zero-order valence-corrected chi connectivity index (χ0v) is 15.6. The normalized spacial score (nSPS) is 20.0. The van der Waals surface area contributed by atoms with Gasteiger partial charge in [0.2, 0.25) is 11.8 Å². The molecule has 1 atom stereocenters. The predicted molar refractivity (Wildman–Crippen MR) is 97.7 cm³/mol. The third-order valence-electron chi connectivity index (χ3n) is 5.07. The molecule has 2 saturated heterocycles. The minimum atomic E-state index is -0.0742. The molecule has 0 radical (unpaired) electrons. The molecule has 0 aliphatic carbocycles. The Hall–Kier alpha value is -2.81. The van der Waals surface area contributed by atoms with E-state index >= 15 is 0 Å². The standard InChI is InChI=1S/C19H23N5O4/c25-17-4-2-10-24(17)12-18(26)23-9-1-3-15(11-23)27-13-16-21-19(28-22-16)14-5-7-20-8-6-14/h5-8,15H,1-4,9-13H2. The van der Waals surface area contributed by atoms with Gasteiger partial charge in [0.15, 0.2) is 5.82 Å². The van der Waals surface area contributed by atoms with Gasteiger partial charge in [-0.15, -0.1) is 0 Å². The fourth-order valence-corrected chi connectivity index (χ4v) is 3.55. The Morgan fingerprint density at radius 3 is 2.89 bits per heavy atom. The largest absolute Gasteiger partial charge is 0.368 e. The molecule has 2 amide bonds. The number of likely N-dealkylation sites (tertiary alicyclic amines) is 2. The van der Waals surface area contributed by atoms with Crippen LogP contribution in [0.1, 0.15) is 31.5 Å². The fourth-order valence-electron chi connectivity index (χ4n) is 3.55. The first-order valence-electron chi connectivity index (χ1n) is 9.59. The summed E-state index contributed by atoms with van der Waals surface area (Å²) < 4.78 is 11.2. The number of aromatic nitrogens is 3. The summed E-state index contributed by atoms with van der Waals surface area (Å²) in [5.41, 5.74) is 0.805. The van der Waals surface area contributed by atoms with Crippen LogP contribution in [0.3, 0.4) is 0 Å². The predicted octanol–water partition coefficient (Wildman–Crippen LogP) is 1.26. The minimum absolute atomic E-state index is 0.0110. The van der Waals surface area contributed by atoms with Crippen molar-refractivity contribution in [3.63, 3.8) is 0 Å². The lowest BCUT2D eigenvalue weighted by Crippen LogP contribution is -2.47. The van der Waals surface area contributed by atoms with Gasteiger partial charge >= 0.3 is 0 Å². The van der Waals surface area contributed by atoms with E-state index in [-0.39, 0.29) is 31.1 Å². The molecule has 148 valence electrons. The van der Waals surface area contributed by atoms with E-state index in [0.717, 1.165) is 24.8 Å². The summed E-state index contributed by atoms with van der Waals surface area (Å²) in [4.78, 5) is 36.0. The first kappa shape index (κ1) is 18.5. The van der Waals surface area contributed by atoms with Gasteiger partial charge in [0, 0.05) is 44.0 Å². The zero-order chi connectivity index (χ0) is 19.3. The van der Waals surface area contributed by atoms with Crippen molar-refractivity contribution in [2.75, 3.05) is 26.2 Å². The average Bonchev–Trinajstić information content (AvgIpc) is 3.37. The molecule has 2 aromatic rings. The summed E-state index contributed by atoms with van der Waals surface area (Å²) in [6, 6.07) is 3.60. The van der Waals surface area contributed by atoms with Crippen molar-refractivity contribution in [2.24, 2.45) is 0 Å². The number of carbonyl (C=O) groups excluding carboxylic acids is 2. The lowest BCUT2D eigenvalue weighted by atomic mass is 10.1. The Morgan fingerprint density at radius 2 is 2.11 bits per heavy atom. The van der Waals surface area contributed by atoms with E-state index in [2.05, 4.69) is 15.1 Å². The first-order chi connectivity index (χ1) is 13.7. The molecule has 4 heterocycles. The quantitative estimate of drug-likeness (QED) is 0.738. The van der Waals surface area contributed by atoms with Crippen LogP contribution in [0.4, 0.5) is 0 Å². The number of amides is 2. The molecule has 28 heavy (non-hydrogen) atoms. The smallest absolute Gasteiger partial charge is 0.258 e. The van der Waals surface area contributed by atoms with Crippen molar-refractivity contribution in [3.8, 4) is 11.5 Å². The van der Waals surface area contributed by atoms with Crippen LogP contribution in [-0.4, -0.2) is 69.0 Å². The fraction of sp³-hybridized carbons (Fsp3) is 0.526. The van der Waals surface area contributed by atoms with Gasteiger partial charge in [0.25, 0.3) is 5.89 Å². The van der Waals surface area contributed by atoms with Crippen LogP contribution in [0.2, 0.25) is 0 Å². The summed E-state index contributed by atoms with van der Waals surface area (Å²) in [6.45, 7) is 2.30. The molecule has 0 bridgehead atoms. The molecule has 0 spiro atoms. The van der Waals surface area contributed by atoms with Crippen LogP contribution in [0, 0.1) is 0 Å². The van der Waals surface area contributed by atoms with Crippen LogP contribution in [-0.2, 0) is 20.9 Å². The topological polar surface area (TPSA) is 102 Å². The lowest BCUT2D eigenvalue weighted by molar-refractivity contribution is -0.141. The van der Waals surface area contributed by atoms with Crippen molar-refractivity contribution in [1.29, 1.82) is 0 Å². The number of carbonyl (C=O) groups is 2. The molecule has 0 aromatic carbocycles. The van der Waals surface area contributed by atoms with Gasteiger partial charge in [-0.05, 0) is 31.4 Å². The van der Waals surface area contributed by atoms with E-state index in [0.29, 0.717) is 37.8 Å². The molecule has 0 saturated carbocycles. The molecule has 2 fully saturated rings. The summed E-state index contributed by atoms with van der Waals surface area (Å²) in [5.74, 6) is 0.956. The third kappa shape index (κ3) is 4.36. The summed E-state index contributed by atoms with van der Waals surface area (Å²) in [6.07, 6.45) is 6.39. The van der Waals surface area contributed by atoms with Crippen molar-refractivity contribution < 1.29 is 18.8 Å². The molecular weight excluding hydrogens is 362 g/mol. The lowest BCUT2D eigenvalue weighted by Gasteiger charge is -2.33. The van der Waals surface area contributed by atoms with Gasteiger partial charge in [-0.25, -0.2) is 0 Å². The van der Waals surface area contributed by atoms with Crippen LogP contribution in [0.25, 0.3) is 11.5 Å². The second-order valence-corrected chi connectivity index (χ2v) is 7.09. The molecule has 2 aliphatic rings. The molecule has 2 aliphatic heterocycles. The van der Waals surface area contributed by atoms with Crippen molar-refractivity contribution >= 4 is 11.8 Å². The molecular formula is C19H23N5O4. The summed E-state index contributed by atoms with van der Waals surface area (Å²) in [7, 11) is 0. The van der Waals surface area contributed by atoms with E-state index in [4.69, 9.17) is 9.26 Å². The maximum Gasteiger partial charge on any atom is 0.258 e. The number of piperidine rings is 1. The highest BCUT2D eigenvalue weighted by molar-refractivity contribution is 5.85. The second-order valence-electron chi connectivity index (χ2n) is 7.09. The van der Waals surface area contributed by atoms with Crippen LogP contribution >= 0.6 is 0 Å². The number of pyridine rings is 1. The van der Waals surface area contributed by atoms with E-state index in [9.17, 15) is 9.59 Å². The molecule has 9 heteroatoms. The third-order valence-corrected chi connectivity index (χ3v) is 5.07. The van der Waals surface area contributed by atoms with Gasteiger partial charge in [-0.1, -0.05) is 5.16 Å². The molecule has 2 aromatic heterocycles. The Kier molecular flexibility index (Phi) is 5.61. The Morgan fingerprint density at radius 1 is 1.25 bits per heavy atom. The van der Waals surface area contributed by atoms with Gasteiger partial charge in [-0.3, -0.25) is 14.6 Å². The van der Waals surface area contributed by atoms with Crippen molar-refractivity contribution in [2.45, 2.75) is 38.4 Å². The maximum atomic E-state index is 12.5. The number of hydrogen-bond acceptors (Lipinski definition) is 7. The Bertz CT molecular complexity index is 825. The van der Waals surface area contributed by atoms with Gasteiger partial charge in [0.1, 0.15) is 6.61 Å². The van der Waals surface area contributed by atoms with Crippen LogP contribution < -0.4 is 0 Å². The summed E-state index contributed by atoms with van der Waals surface area (Å²) in [5, 5.41) is 3.95. The first-order valence-corrected chi connectivity index (χ1v) is 9.59. The van der Waals surface area contributed by atoms with E-state index in [1.807, 2.05) is 0 Å². The Labute approximate surface area is 162 Å². The number of rotatable bonds is 6. The minimum Gasteiger partial charge on any atom is -0.368 e. The van der Waals surface area contributed by atoms with E-state index in [1.165, 1.54) is 0 Å². The van der Waals surface area contributed by atoms with E-state index < -0.39 is 0 Å².